The Morgan fingerprint density at radius 2 is 1.65 bits per heavy atom. The second-order valence-corrected chi connectivity index (χ2v) is 11.0. The molecular weight excluding hydrogens is 457 g/mol. The van der Waals surface area contributed by atoms with Gasteiger partial charge in [-0.15, -0.1) is 0 Å². The second-order valence-electron chi connectivity index (χ2n) is 9.31. The van der Waals surface area contributed by atoms with Gasteiger partial charge in [0.05, 0.1) is 10.6 Å². The van der Waals surface area contributed by atoms with E-state index in [2.05, 4.69) is 30.8 Å². The van der Waals surface area contributed by atoms with Gasteiger partial charge in [-0.2, -0.15) is 0 Å². The average Bonchev–Trinajstić information content (AvgIpc) is 3.19. The third-order valence-corrected chi connectivity index (χ3v) is 7.06. The first-order valence-electron chi connectivity index (χ1n) is 10.7. The van der Waals surface area contributed by atoms with E-state index in [0.29, 0.717) is 17.8 Å². The summed E-state index contributed by atoms with van der Waals surface area (Å²) in [6.07, 6.45) is 0. The minimum atomic E-state index is -4.06. The normalized spacial score (nSPS) is 13.5. The highest BCUT2D eigenvalue weighted by Gasteiger charge is 2.26. The number of fused-ring (bicyclic) bond motifs is 1. The largest absolute Gasteiger partial charge is 0.508 e. The number of carbonyl (C=O) groups is 1. The summed E-state index contributed by atoms with van der Waals surface area (Å²) in [6.45, 7) is 6.95. The molecule has 0 radical (unpaired) electrons. The number of aromatic hydroxyl groups is 1. The molecule has 3 N–H and O–H groups in total. The van der Waals surface area contributed by atoms with Gasteiger partial charge in [0.2, 0.25) is 0 Å². The van der Waals surface area contributed by atoms with E-state index in [1.807, 2.05) is 24.3 Å². The number of phenols is 1. The van der Waals surface area contributed by atoms with Gasteiger partial charge in [0.1, 0.15) is 5.75 Å². The summed E-state index contributed by atoms with van der Waals surface area (Å²) in [5.41, 5.74) is 3.13. The first-order chi connectivity index (χ1) is 15.9. The predicted octanol–water partition coefficient (Wildman–Crippen LogP) is 5.18. The van der Waals surface area contributed by atoms with Crippen LogP contribution in [-0.4, -0.2) is 24.5 Å². The number of halogens is 1. The van der Waals surface area contributed by atoms with Crippen LogP contribution in [0.1, 0.15) is 37.5 Å². The van der Waals surface area contributed by atoms with Crippen LogP contribution in [0.15, 0.2) is 65.6 Å². The standard InChI is InChI=1S/C25H26FN3O4S/c1-25(2,3)18-5-7-19(8-6-18)27-24(31)29-14-16-4-10-21(12-17(16)15-29)34(32,33)28-23-11-9-20(30)13-22(23)26/h4-13,28,30H,14-15H2,1-3H3,(H,27,31). The van der Waals surface area contributed by atoms with Crippen LogP contribution in [-0.2, 0) is 28.5 Å². The number of hydrogen-bond acceptors (Lipinski definition) is 4. The number of sulfonamides is 1. The molecule has 0 spiro atoms. The SMILES string of the molecule is CC(C)(C)c1ccc(NC(=O)N2Cc3ccc(S(=O)(=O)Nc4ccc(O)cc4F)cc3C2)cc1. The van der Waals surface area contributed by atoms with Gasteiger partial charge in [-0.3, -0.25) is 4.72 Å². The average molecular weight is 484 g/mol. The van der Waals surface area contributed by atoms with Crippen molar-refractivity contribution in [1.29, 1.82) is 0 Å². The van der Waals surface area contributed by atoms with Gasteiger partial charge < -0.3 is 15.3 Å². The first-order valence-corrected chi connectivity index (χ1v) is 12.2. The fraction of sp³-hybridized carbons (Fsp3) is 0.240. The van der Waals surface area contributed by atoms with Crippen LogP contribution in [0.2, 0.25) is 0 Å². The van der Waals surface area contributed by atoms with Crippen molar-refractivity contribution >= 4 is 27.4 Å². The quantitative estimate of drug-likeness (QED) is 0.446. The highest BCUT2D eigenvalue weighted by molar-refractivity contribution is 7.92. The van der Waals surface area contributed by atoms with E-state index in [4.69, 9.17) is 0 Å². The molecule has 1 aliphatic rings. The minimum Gasteiger partial charge on any atom is -0.508 e. The van der Waals surface area contributed by atoms with Gasteiger partial charge in [-0.1, -0.05) is 39.0 Å². The van der Waals surface area contributed by atoms with Gasteiger partial charge in [-0.25, -0.2) is 17.6 Å². The van der Waals surface area contributed by atoms with Crippen LogP contribution >= 0.6 is 0 Å². The Morgan fingerprint density at radius 3 is 2.29 bits per heavy atom. The van der Waals surface area contributed by atoms with Crippen molar-refractivity contribution in [3.8, 4) is 5.75 Å². The van der Waals surface area contributed by atoms with Crippen molar-refractivity contribution in [2.75, 3.05) is 10.0 Å². The van der Waals surface area contributed by atoms with Gasteiger partial charge >= 0.3 is 6.03 Å². The molecule has 0 fully saturated rings. The number of phenolic OH excluding ortho intramolecular Hbond substituents is 1. The van der Waals surface area contributed by atoms with Crippen molar-refractivity contribution in [3.63, 3.8) is 0 Å². The lowest BCUT2D eigenvalue weighted by atomic mass is 9.87. The summed E-state index contributed by atoms with van der Waals surface area (Å²) in [7, 11) is -4.06. The summed E-state index contributed by atoms with van der Waals surface area (Å²) in [4.78, 5) is 14.3. The van der Waals surface area contributed by atoms with Crippen molar-refractivity contribution in [3.05, 3.63) is 83.2 Å². The van der Waals surface area contributed by atoms with Crippen LogP contribution < -0.4 is 10.0 Å². The summed E-state index contributed by atoms with van der Waals surface area (Å²) in [6, 6.07) is 15.1. The van der Waals surface area contributed by atoms with E-state index in [-0.39, 0.29) is 34.3 Å². The van der Waals surface area contributed by atoms with Crippen LogP contribution in [0.5, 0.6) is 5.75 Å². The van der Waals surface area contributed by atoms with Crippen LogP contribution in [0.4, 0.5) is 20.6 Å². The summed E-state index contributed by atoms with van der Waals surface area (Å²) < 4.78 is 41.7. The maximum Gasteiger partial charge on any atom is 0.322 e. The van der Waals surface area contributed by atoms with Crippen LogP contribution in [0.3, 0.4) is 0 Å². The molecule has 0 atom stereocenters. The van der Waals surface area contributed by atoms with Crippen molar-refractivity contribution < 1.29 is 22.7 Å². The maximum atomic E-state index is 14.0. The fourth-order valence-corrected chi connectivity index (χ4v) is 4.85. The Kier molecular flexibility index (Phi) is 5.99. The molecule has 1 aliphatic heterocycles. The van der Waals surface area contributed by atoms with E-state index in [9.17, 15) is 22.7 Å². The molecule has 7 nitrogen and oxygen atoms in total. The zero-order valence-electron chi connectivity index (χ0n) is 19.1. The van der Waals surface area contributed by atoms with Gasteiger partial charge in [0.25, 0.3) is 10.0 Å². The van der Waals surface area contributed by atoms with Crippen molar-refractivity contribution in [1.82, 2.24) is 4.90 Å². The van der Waals surface area contributed by atoms with Gasteiger partial charge in [0.15, 0.2) is 5.82 Å². The Labute approximate surface area is 198 Å². The zero-order valence-corrected chi connectivity index (χ0v) is 19.9. The van der Waals surface area contributed by atoms with Crippen LogP contribution in [0.25, 0.3) is 0 Å². The predicted molar refractivity (Wildman–Crippen MR) is 129 cm³/mol. The smallest absolute Gasteiger partial charge is 0.322 e. The summed E-state index contributed by atoms with van der Waals surface area (Å²) in [5, 5.41) is 12.2. The highest BCUT2D eigenvalue weighted by atomic mass is 32.2. The molecule has 4 rings (SSSR count). The first kappa shape index (κ1) is 23.6. The number of amides is 2. The molecule has 0 bridgehead atoms. The maximum absolute atomic E-state index is 14.0. The molecule has 0 aliphatic carbocycles. The number of hydrogen-bond donors (Lipinski definition) is 3. The number of anilines is 2. The number of nitrogens with zero attached hydrogens (tertiary/aromatic N) is 1. The Morgan fingerprint density at radius 1 is 0.971 bits per heavy atom. The van der Waals surface area contributed by atoms with Crippen LogP contribution in [0, 0.1) is 5.82 Å². The topological polar surface area (TPSA) is 98.7 Å². The zero-order chi connectivity index (χ0) is 24.7. The number of rotatable bonds is 4. The molecule has 9 heteroatoms. The van der Waals surface area contributed by atoms with E-state index in [1.54, 1.807) is 11.0 Å². The number of nitrogens with one attached hydrogen (secondary N) is 2. The Hall–Kier alpha value is -3.59. The van der Waals surface area contributed by atoms with Gasteiger partial charge in [-0.05, 0) is 58.5 Å². The second kappa shape index (κ2) is 8.64. The Balaban J connectivity index is 1.45. The van der Waals surface area contributed by atoms with E-state index >= 15 is 0 Å². The molecule has 0 aromatic heterocycles. The molecule has 3 aromatic carbocycles. The van der Waals surface area contributed by atoms with Crippen molar-refractivity contribution in [2.24, 2.45) is 0 Å². The fourth-order valence-electron chi connectivity index (χ4n) is 3.73. The third-order valence-electron chi connectivity index (χ3n) is 5.70. The molecule has 0 saturated carbocycles. The Bertz CT molecular complexity index is 1350. The molecule has 2 amide bonds. The number of benzene rings is 3. The number of urea groups is 1. The highest BCUT2D eigenvalue weighted by Crippen LogP contribution is 2.29. The van der Waals surface area contributed by atoms with E-state index < -0.39 is 15.8 Å². The monoisotopic (exact) mass is 483 g/mol. The van der Waals surface area contributed by atoms with E-state index in [1.165, 1.54) is 18.2 Å². The molecule has 178 valence electrons. The third kappa shape index (κ3) is 4.99. The lowest BCUT2D eigenvalue weighted by Crippen LogP contribution is -2.30. The lowest BCUT2D eigenvalue weighted by Gasteiger charge is -2.20. The molecule has 34 heavy (non-hydrogen) atoms. The van der Waals surface area contributed by atoms with Crippen molar-refractivity contribution in [2.45, 2.75) is 44.2 Å². The van der Waals surface area contributed by atoms with Gasteiger partial charge in [0, 0.05) is 24.8 Å². The molecule has 3 aromatic rings. The molecule has 1 heterocycles. The molecule has 0 unspecified atom stereocenters. The van der Waals surface area contributed by atoms with E-state index in [0.717, 1.165) is 23.3 Å². The summed E-state index contributed by atoms with van der Waals surface area (Å²) in [5.74, 6) is -1.19. The lowest BCUT2D eigenvalue weighted by molar-refractivity contribution is 0.212. The molecule has 0 saturated heterocycles. The number of carbonyl (C=O) groups excluding carboxylic acids is 1. The minimum absolute atomic E-state index is 0.0140. The molecular formula is C25H26FN3O4S. The summed E-state index contributed by atoms with van der Waals surface area (Å²) >= 11 is 0.